The molecule has 0 spiro atoms. The molecule has 1 saturated heterocycles. The molecule has 2 aliphatic rings. The number of carbonyl (C=O) groups is 1. The van der Waals surface area contributed by atoms with E-state index in [1.807, 2.05) is 25.1 Å². The Kier molecular flexibility index (Phi) is 5.29. The summed E-state index contributed by atoms with van der Waals surface area (Å²) in [6, 6.07) is 5.83. The van der Waals surface area contributed by atoms with Crippen molar-refractivity contribution < 1.29 is 14.3 Å². The van der Waals surface area contributed by atoms with E-state index >= 15 is 0 Å². The summed E-state index contributed by atoms with van der Waals surface area (Å²) in [5, 5.41) is 6.35. The molecule has 0 unspecified atom stereocenters. The molecule has 5 nitrogen and oxygen atoms in total. The Balaban J connectivity index is 1.68. The SMILES string of the molecule is COc1ccc(CNC(=O)[C@]2(C)CCNC2)c(OC2CCCC2)c1. The Morgan fingerprint density at radius 1 is 1.38 bits per heavy atom. The second-order valence-electron chi connectivity index (χ2n) is 7.17. The van der Waals surface area contributed by atoms with Crippen LogP contribution in [0.4, 0.5) is 0 Å². The number of benzene rings is 1. The smallest absolute Gasteiger partial charge is 0.227 e. The van der Waals surface area contributed by atoms with Crippen molar-refractivity contribution >= 4 is 5.91 Å². The van der Waals surface area contributed by atoms with Crippen molar-refractivity contribution in [2.24, 2.45) is 5.41 Å². The summed E-state index contributed by atoms with van der Waals surface area (Å²) in [4.78, 5) is 12.5. The van der Waals surface area contributed by atoms with E-state index in [-0.39, 0.29) is 17.4 Å². The third-order valence-corrected chi connectivity index (χ3v) is 5.23. The zero-order valence-corrected chi connectivity index (χ0v) is 14.7. The van der Waals surface area contributed by atoms with Crippen molar-refractivity contribution in [1.82, 2.24) is 10.6 Å². The summed E-state index contributed by atoms with van der Waals surface area (Å²) in [5.41, 5.74) is 0.699. The van der Waals surface area contributed by atoms with Crippen LogP contribution >= 0.6 is 0 Å². The molecule has 2 fully saturated rings. The summed E-state index contributed by atoms with van der Waals surface area (Å²) >= 11 is 0. The van der Waals surface area contributed by atoms with Gasteiger partial charge in [-0.15, -0.1) is 0 Å². The minimum absolute atomic E-state index is 0.107. The van der Waals surface area contributed by atoms with Crippen LogP contribution in [0.5, 0.6) is 11.5 Å². The van der Waals surface area contributed by atoms with E-state index in [0.29, 0.717) is 6.54 Å². The average molecular weight is 332 g/mol. The molecule has 0 bridgehead atoms. The van der Waals surface area contributed by atoms with E-state index in [4.69, 9.17) is 9.47 Å². The molecule has 1 amide bonds. The number of ether oxygens (including phenoxy) is 2. The Bertz CT molecular complexity index is 576. The Morgan fingerprint density at radius 2 is 2.17 bits per heavy atom. The third kappa shape index (κ3) is 3.83. The third-order valence-electron chi connectivity index (χ3n) is 5.23. The second-order valence-corrected chi connectivity index (χ2v) is 7.17. The van der Waals surface area contributed by atoms with Gasteiger partial charge in [0.1, 0.15) is 11.5 Å². The molecular formula is C19H28N2O3. The summed E-state index contributed by atoms with van der Waals surface area (Å²) in [7, 11) is 1.66. The van der Waals surface area contributed by atoms with Gasteiger partial charge >= 0.3 is 0 Å². The number of carbonyl (C=O) groups excluding carboxylic acids is 1. The molecule has 1 aromatic carbocycles. The Labute approximate surface area is 144 Å². The summed E-state index contributed by atoms with van der Waals surface area (Å²) in [5.74, 6) is 1.72. The first kappa shape index (κ1) is 17.1. The number of methoxy groups -OCH3 is 1. The van der Waals surface area contributed by atoms with Crippen LogP contribution in [0.15, 0.2) is 18.2 Å². The van der Waals surface area contributed by atoms with Gasteiger partial charge in [0.2, 0.25) is 5.91 Å². The minimum atomic E-state index is -0.307. The van der Waals surface area contributed by atoms with Crippen LogP contribution in [0.2, 0.25) is 0 Å². The predicted molar refractivity (Wildman–Crippen MR) is 93.3 cm³/mol. The van der Waals surface area contributed by atoms with Gasteiger partial charge in [0.25, 0.3) is 0 Å². The van der Waals surface area contributed by atoms with Gasteiger partial charge in [-0.1, -0.05) is 0 Å². The van der Waals surface area contributed by atoms with Gasteiger partial charge in [-0.25, -0.2) is 0 Å². The van der Waals surface area contributed by atoms with E-state index < -0.39 is 0 Å². The molecule has 1 atom stereocenters. The number of hydrogen-bond donors (Lipinski definition) is 2. The molecule has 1 heterocycles. The molecule has 1 aliphatic carbocycles. The highest BCUT2D eigenvalue weighted by Gasteiger charge is 2.36. The minimum Gasteiger partial charge on any atom is -0.497 e. The molecule has 5 heteroatoms. The Morgan fingerprint density at radius 3 is 2.83 bits per heavy atom. The van der Waals surface area contributed by atoms with E-state index in [9.17, 15) is 4.79 Å². The van der Waals surface area contributed by atoms with Gasteiger partial charge < -0.3 is 20.1 Å². The lowest BCUT2D eigenvalue weighted by molar-refractivity contribution is -0.129. The van der Waals surface area contributed by atoms with Crippen molar-refractivity contribution in [2.75, 3.05) is 20.2 Å². The molecule has 1 aliphatic heterocycles. The van der Waals surface area contributed by atoms with Crippen molar-refractivity contribution in [1.29, 1.82) is 0 Å². The first-order valence-corrected chi connectivity index (χ1v) is 8.93. The number of amides is 1. The highest BCUT2D eigenvalue weighted by atomic mass is 16.5. The van der Waals surface area contributed by atoms with Gasteiger partial charge in [0, 0.05) is 24.7 Å². The highest BCUT2D eigenvalue weighted by molar-refractivity contribution is 5.82. The molecule has 2 N–H and O–H groups in total. The summed E-state index contributed by atoms with van der Waals surface area (Å²) < 4.78 is 11.5. The standard InChI is InChI=1S/C19H28N2O3/c1-19(9-10-20-13-19)18(22)21-12-14-7-8-16(23-2)11-17(14)24-15-5-3-4-6-15/h7-8,11,15,20H,3-6,9-10,12-13H2,1-2H3,(H,21,22)/t19-/m1/s1. The van der Waals surface area contributed by atoms with Crippen LogP contribution in [-0.2, 0) is 11.3 Å². The lowest BCUT2D eigenvalue weighted by Gasteiger charge is -2.22. The lowest BCUT2D eigenvalue weighted by atomic mass is 9.89. The fourth-order valence-corrected chi connectivity index (χ4v) is 3.50. The van der Waals surface area contributed by atoms with Crippen LogP contribution in [-0.4, -0.2) is 32.2 Å². The second kappa shape index (κ2) is 7.43. The largest absolute Gasteiger partial charge is 0.497 e. The normalized spacial score (nSPS) is 24.1. The first-order chi connectivity index (χ1) is 11.6. The van der Waals surface area contributed by atoms with Crippen molar-refractivity contribution in [3.8, 4) is 11.5 Å². The summed E-state index contributed by atoms with van der Waals surface area (Å²) in [6.07, 6.45) is 5.83. The van der Waals surface area contributed by atoms with Crippen molar-refractivity contribution in [3.05, 3.63) is 23.8 Å². The maximum Gasteiger partial charge on any atom is 0.227 e. The summed E-state index contributed by atoms with van der Waals surface area (Å²) in [6.45, 7) is 4.15. The topological polar surface area (TPSA) is 59.6 Å². The fourth-order valence-electron chi connectivity index (χ4n) is 3.50. The first-order valence-electron chi connectivity index (χ1n) is 8.93. The molecule has 3 rings (SSSR count). The number of nitrogens with one attached hydrogen (secondary N) is 2. The highest BCUT2D eigenvalue weighted by Crippen LogP contribution is 2.30. The quantitative estimate of drug-likeness (QED) is 0.841. The zero-order valence-electron chi connectivity index (χ0n) is 14.7. The van der Waals surface area contributed by atoms with Gasteiger partial charge in [-0.2, -0.15) is 0 Å². The average Bonchev–Trinajstić information content (AvgIpc) is 3.25. The monoisotopic (exact) mass is 332 g/mol. The van der Waals surface area contributed by atoms with E-state index in [1.54, 1.807) is 7.11 Å². The maximum absolute atomic E-state index is 12.5. The van der Waals surface area contributed by atoms with Crippen LogP contribution in [0.1, 0.15) is 44.6 Å². The molecule has 1 aromatic rings. The van der Waals surface area contributed by atoms with Gasteiger partial charge in [0.15, 0.2) is 0 Å². The molecule has 0 aromatic heterocycles. The molecule has 0 radical (unpaired) electrons. The van der Waals surface area contributed by atoms with E-state index in [2.05, 4.69) is 10.6 Å². The van der Waals surface area contributed by atoms with Gasteiger partial charge in [0.05, 0.1) is 18.6 Å². The molecule has 24 heavy (non-hydrogen) atoms. The van der Waals surface area contributed by atoms with Crippen LogP contribution in [0.25, 0.3) is 0 Å². The maximum atomic E-state index is 12.5. The molecule has 132 valence electrons. The molecular weight excluding hydrogens is 304 g/mol. The fraction of sp³-hybridized carbons (Fsp3) is 0.632. The number of hydrogen-bond acceptors (Lipinski definition) is 4. The predicted octanol–water partition coefficient (Wildman–Crippen LogP) is 2.63. The van der Waals surface area contributed by atoms with Crippen LogP contribution in [0, 0.1) is 5.41 Å². The van der Waals surface area contributed by atoms with Gasteiger partial charge in [-0.3, -0.25) is 4.79 Å². The molecule has 1 saturated carbocycles. The van der Waals surface area contributed by atoms with Gasteiger partial charge in [-0.05, 0) is 57.7 Å². The Hall–Kier alpha value is -1.75. The lowest BCUT2D eigenvalue weighted by Crippen LogP contribution is -2.40. The number of rotatable bonds is 6. The zero-order chi connectivity index (χ0) is 17.0. The van der Waals surface area contributed by atoms with Crippen LogP contribution in [0.3, 0.4) is 0 Å². The van der Waals surface area contributed by atoms with E-state index in [1.165, 1.54) is 12.8 Å². The van der Waals surface area contributed by atoms with E-state index in [0.717, 1.165) is 49.4 Å². The van der Waals surface area contributed by atoms with Crippen molar-refractivity contribution in [3.63, 3.8) is 0 Å². The van der Waals surface area contributed by atoms with Crippen molar-refractivity contribution in [2.45, 2.75) is 51.7 Å². The van der Waals surface area contributed by atoms with Crippen LogP contribution < -0.4 is 20.1 Å².